The molecule has 6 rings (SSSR count). The fourth-order valence-electron chi connectivity index (χ4n) is 5.17. The van der Waals surface area contributed by atoms with Gasteiger partial charge in [0.05, 0.1) is 42.6 Å². The Morgan fingerprint density at radius 2 is 2.03 bits per heavy atom. The van der Waals surface area contributed by atoms with E-state index in [4.69, 9.17) is 15.0 Å². The molecule has 1 N–H and O–H groups in total. The molecule has 1 saturated heterocycles. The summed E-state index contributed by atoms with van der Waals surface area (Å²) in [4.78, 5) is 26.1. The van der Waals surface area contributed by atoms with Crippen LogP contribution in [0.2, 0.25) is 0 Å². The van der Waals surface area contributed by atoms with Crippen molar-refractivity contribution >= 4 is 22.4 Å². The third-order valence-electron chi connectivity index (χ3n) is 7.19. The van der Waals surface area contributed by atoms with Crippen LogP contribution in [0.25, 0.3) is 11.3 Å². The van der Waals surface area contributed by atoms with Crippen molar-refractivity contribution < 1.29 is 9.53 Å². The smallest absolute Gasteiger partial charge is 0.257 e. The molecule has 1 amide bonds. The minimum Gasteiger partial charge on any atom is -0.379 e. The van der Waals surface area contributed by atoms with Gasteiger partial charge in [-0.1, -0.05) is 24.3 Å². The van der Waals surface area contributed by atoms with E-state index in [1.54, 1.807) is 29.8 Å². The first kappa shape index (κ1) is 24.5. The van der Waals surface area contributed by atoms with E-state index in [9.17, 15) is 4.79 Å². The fourth-order valence-corrected chi connectivity index (χ4v) is 6.24. The molecule has 0 saturated carbocycles. The quantitative estimate of drug-likeness (QED) is 0.403. The van der Waals surface area contributed by atoms with Gasteiger partial charge in [-0.25, -0.2) is 9.97 Å². The molecule has 2 aromatic heterocycles. The van der Waals surface area contributed by atoms with Crippen LogP contribution >= 0.6 is 11.3 Å². The number of ether oxygens (including phenoxy) is 1. The lowest BCUT2D eigenvalue weighted by Gasteiger charge is -2.36. The molecule has 192 valence electrons. The van der Waals surface area contributed by atoms with Crippen molar-refractivity contribution in [3.05, 3.63) is 88.3 Å². The number of thiazole rings is 1. The molecule has 9 heteroatoms. The molecule has 1 atom stereocenters. The topological polar surface area (TPSA) is 96.1 Å². The number of carbonyl (C=O) groups is 1. The average molecular weight is 525 g/mol. The summed E-state index contributed by atoms with van der Waals surface area (Å²) in [5, 5.41) is 12.7. The zero-order valence-corrected chi connectivity index (χ0v) is 21.8. The van der Waals surface area contributed by atoms with Gasteiger partial charge in [0.1, 0.15) is 0 Å². The minimum absolute atomic E-state index is 0.147. The molecule has 1 unspecified atom stereocenters. The summed E-state index contributed by atoms with van der Waals surface area (Å²) >= 11 is 1.60. The summed E-state index contributed by atoms with van der Waals surface area (Å²) in [5.41, 5.74) is 5.16. The number of amides is 1. The molecule has 4 aromatic rings. The van der Waals surface area contributed by atoms with Crippen LogP contribution in [0.15, 0.2) is 61.1 Å². The predicted octanol–water partition coefficient (Wildman–Crippen LogP) is 4.37. The molecule has 3 heterocycles. The largest absolute Gasteiger partial charge is 0.379 e. The van der Waals surface area contributed by atoms with Crippen LogP contribution in [0.3, 0.4) is 0 Å². The number of aromatic nitrogens is 3. The van der Waals surface area contributed by atoms with Gasteiger partial charge in [-0.2, -0.15) is 5.26 Å². The van der Waals surface area contributed by atoms with Crippen LogP contribution < -0.4 is 5.32 Å². The first-order valence-corrected chi connectivity index (χ1v) is 13.7. The number of nitrogens with zero attached hydrogens (tertiary/aromatic N) is 5. The number of fused-ring (bicyclic) bond motifs is 1. The molecule has 2 aliphatic rings. The first-order chi connectivity index (χ1) is 18.6. The molecule has 0 radical (unpaired) electrons. The zero-order valence-electron chi connectivity index (χ0n) is 21.0. The number of rotatable bonds is 6. The number of hydrogen-bond acceptors (Lipinski definition) is 7. The highest BCUT2D eigenvalue weighted by Gasteiger charge is 2.28. The molecule has 0 spiro atoms. The molecule has 1 aliphatic carbocycles. The van der Waals surface area contributed by atoms with Crippen molar-refractivity contribution in [1.82, 2.24) is 19.4 Å². The van der Waals surface area contributed by atoms with E-state index in [-0.39, 0.29) is 5.91 Å². The Morgan fingerprint density at radius 3 is 2.84 bits per heavy atom. The highest BCUT2D eigenvalue weighted by Crippen LogP contribution is 2.32. The van der Waals surface area contributed by atoms with Crippen LogP contribution in [0, 0.1) is 11.3 Å². The van der Waals surface area contributed by atoms with Crippen LogP contribution in [0.4, 0.5) is 5.13 Å². The van der Waals surface area contributed by atoms with Crippen molar-refractivity contribution in [2.24, 2.45) is 0 Å². The van der Waals surface area contributed by atoms with Gasteiger partial charge in [-0.05, 0) is 49.1 Å². The summed E-state index contributed by atoms with van der Waals surface area (Å²) in [6.45, 7) is 4.21. The number of morpholine rings is 1. The van der Waals surface area contributed by atoms with E-state index in [0.29, 0.717) is 28.8 Å². The van der Waals surface area contributed by atoms with Gasteiger partial charge in [-0.3, -0.25) is 15.0 Å². The third kappa shape index (κ3) is 5.38. The van der Waals surface area contributed by atoms with Gasteiger partial charge in [0, 0.05) is 47.9 Å². The van der Waals surface area contributed by atoms with Gasteiger partial charge >= 0.3 is 0 Å². The maximum Gasteiger partial charge on any atom is 0.257 e. The Hall–Kier alpha value is -3.84. The van der Waals surface area contributed by atoms with E-state index in [1.807, 2.05) is 47.2 Å². The number of imidazole rings is 1. The lowest BCUT2D eigenvalue weighted by molar-refractivity contribution is 0.0139. The maximum absolute atomic E-state index is 13.1. The van der Waals surface area contributed by atoms with Gasteiger partial charge in [0.15, 0.2) is 5.13 Å². The molecule has 2 aromatic carbocycles. The van der Waals surface area contributed by atoms with Crippen molar-refractivity contribution in [2.45, 2.75) is 31.8 Å². The van der Waals surface area contributed by atoms with Gasteiger partial charge in [-0.15, -0.1) is 11.3 Å². The molecular weight excluding hydrogens is 496 g/mol. The molecule has 1 aliphatic heterocycles. The lowest BCUT2D eigenvalue weighted by atomic mass is 9.96. The monoisotopic (exact) mass is 524 g/mol. The SMILES string of the molecule is N#Cc1ccc(-c2cn(Cc3cccc(C(=O)Nc4nc5c(s4)CC(N4CCOCC4)CC5)c3)cn2)cc1. The van der Waals surface area contributed by atoms with Crippen LogP contribution in [-0.2, 0) is 24.1 Å². The summed E-state index contributed by atoms with van der Waals surface area (Å²) in [6, 6.07) is 17.7. The standard InChI is InChI=1S/C29H28N6O2S/c30-16-20-4-6-22(7-5-20)26-18-34(19-31-26)17-21-2-1-3-23(14-21)28(36)33-29-32-25-9-8-24(15-27(25)38-29)35-10-12-37-13-11-35/h1-7,14,18-19,24H,8-13,15,17H2,(H,32,33,36). The van der Waals surface area contributed by atoms with E-state index in [2.05, 4.69) is 21.3 Å². The van der Waals surface area contributed by atoms with Crippen molar-refractivity contribution in [3.63, 3.8) is 0 Å². The molecule has 1 fully saturated rings. The van der Waals surface area contributed by atoms with Crippen LogP contribution in [0.5, 0.6) is 0 Å². The number of nitrogens with one attached hydrogen (secondary N) is 1. The highest BCUT2D eigenvalue weighted by atomic mass is 32.1. The minimum atomic E-state index is -0.147. The molecule has 38 heavy (non-hydrogen) atoms. The number of anilines is 1. The first-order valence-electron chi connectivity index (χ1n) is 12.9. The number of aryl methyl sites for hydroxylation is 1. The highest BCUT2D eigenvalue weighted by molar-refractivity contribution is 7.15. The fraction of sp³-hybridized carbons (Fsp3) is 0.310. The number of hydrogen-bond donors (Lipinski definition) is 1. The van der Waals surface area contributed by atoms with Gasteiger partial charge in [0.25, 0.3) is 5.91 Å². The predicted molar refractivity (Wildman–Crippen MR) is 146 cm³/mol. The molecular formula is C29H28N6O2S. The summed E-state index contributed by atoms with van der Waals surface area (Å²) in [7, 11) is 0. The Labute approximate surface area is 225 Å². The number of carbonyl (C=O) groups excluding carboxylic acids is 1. The van der Waals surface area contributed by atoms with Crippen molar-refractivity contribution in [2.75, 3.05) is 31.6 Å². The van der Waals surface area contributed by atoms with Crippen LogP contribution in [-0.4, -0.2) is 57.7 Å². The van der Waals surface area contributed by atoms with Crippen molar-refractivity contribution in [3.8, 4) is 17.3 Å². The number of benzene rings is 2. The van der Waals surface area contributed by atoms with Crippen LogP contribution in [0.1, 0.15) is 38.5 Å². The Bertz CT molecular complexity index is 1480. The second-order valence-electron chi connectivity index (χ2n) is 9.71. The second-order valence-corrected chi connectivity index (χ2v) is 10.8. The Morgan fingerprint density at radius 1 is 1.18 bits per heavy atom. The van der Waals surface area contributed by atoms with E-state index < -0.39 is 0 Å². The maximum atomic E-state index is 13.1. The summed E-state index contributed by atoms with van der Waals surface area (Å²) in [6.07, 6.45) is 6.80. The third-order valence-corrected chi connectivity index (χ3v) is 8.23. The molecule has 8 nitrogen and oxygen atoms in total. The average Bonchev–Trinajstić information content (AvgIpc) is 3.60. The van der Waals surface area contributed by atoms with Crippen molar-refractivity contribution in [1.29, 1.82) is 5.26 Å². The normalized spacial score (nSPS) is 17.5. The summed E-state index contributed by atoms with van der Waals surface area (Å²) < 4.78 is 7.50. The van der Waals surface area contributed by atoms with E-state index in [1.165, 1.54) is 4.88 Å². The summed E-state index contributed by atoms with van der Waals surface area (Å²) in [5.74, 6) is -0.147. The Kier molecular flexibility index (Phi) is 7.01. The van der Waals surface area contributed by atoms with Gasteiger partial charge in [0.2, 0.25) is 0 Å². The van der Waals surface area contributed by atoms with E-state index in [0.717, 1.165) is 68.1 Å². The molecule has 0 bridgehead atoms. The number of nitriles is 1. The zero-order chi connectivity index (χ0) is 25.9. The van der Waals surface area contributed by atoms with Gasteiger partial charge < -0.3 is 9.30 Å². The van der Waals surface area contributed by atoms with E-state index >= 15 is 0 Å². The lowest BCUT2D eigenvalue weighted by Crippen LogP contribution is -2.45. The Balaban J connectivity index is 1.10. The second kappa shape index (κ2) is 10.9.